The van der Waals surface area contributed by atoms with Crippen LogP contribution < -0.4 is 16.0 Å². The van der Waals surface area contributed by atoms with E-state index >= 15 is 0 Å². The number of guanidine groups is 1. The number of nitrogens with one attached hydrogen (secondary N) is 3. The first-order valence-corrected chi connectivity index (χ1v) is 19.2. The molecule has 0 aromatic heterocycles. The summed E-state index contributed by atoms with van der Waals surface area (Å²) in [6.07, 6.45) is -3.61. The highest BCUT2D eigenvalue weighted by Crippen LogP contribution is 2.38. The molecule has 2 atom stereocenters. The lowest BCUT2D eigenvalue weighted by atomic mass is 9.99. The Hall–Kier alpha value is -5.45. The van der Waals surface area contributed by atoms with Crippen molar-refractivity contribution in [3.05, 3.63) is 63.9 Å². The molecule has 0 unspecified atom stereocenters. The number of hydrogen-bond donors (Lipinski definition) is 3. The van der Waals surface area contributed by atoms with Gasteiger partial charge in [0.15, 0.2) is 0 Å². The third-order valence-corrected chi connectivity index (χ3v) is 8.09. The summed E-state index contributed by atoms with van der Waals surface area (Å²) < 4.78 is 36.2. The Labute approximate surface area is 349 Å². The van der Waals surface area contributed by atoms with Crippen molar-refractivity contribution in [1.29, 1.82) is 0 Å². The molecule has 0 radical (unpaired) electrons. The van der Waals surface area contributed by atoms with Crippen LogP contribution in [0.4, 0.5) is 29.3 Å². The minimum absolute atomic E-state index is 0.0264. The number of alkyl carbamates (subject to hydrolysis) is 1. The van der Waals surface area contributed by atoms with Crippen LogP contribution in [0.1, 0.15) is 106 Å². The first-order valence-electron chi connectivity index (χ1n) is 18.8. The molecule has 59 heavy (non-hydrogen) atoms. The third kappa shape index (κ3) is 15.7. The Morgan fingerprint density at radius 3 is 1.92 bits per heavy atom. The molecule has 0 bridgehead atoms. The molecule has 2 aromatic rings. The van der Waals surface area contributed by atoms with Crippen molar-refractivity contribution in [2.45, 2.75) is 124 Å². The van der Waals surface area contributed by atoms with Gasteiger partial charge in [-0.2, -0.15) is 0 Å². The summed E-state index contributed by atoms with van der Waals surface area (Å²) in [7, 11) is 1.58. The third-order valence-electron chi connectivity index (χ3n) is 7.78. The van der Waals surface area contributed by atoms with Crippen LogP contribution in [-0.2, 0) is 41.5 Å². The van der Waals surface area contributed by atoms with Crippen LogP contribution in [0.25, 0.3) is 0 Å². The Morgan fingerprint density at radius 1 is 0.780 bits per heavy atom. The summed E-state index contributed by atoms with van der Waals surface area (Å²) in [5, 5.41) is 7.29. The van der Waals surface area contributed by atoms with Crippen molar-refractivity contribution in [3.8, 4) is 0 Å². The van der Waals surface area contributed by atoms with E-state index in [1.807, 2.05) is 6.07 Å². The Kier molecular flexibility index (Phi) is 15.1. The van der Waals surface area contributed by atoms with Crippen molar-refractivity contribution in [1.82, 2.24) is 20.4 Å². The monoisotopic (exact) mass is 846 g/mol. The van der Waals surface area contributed by atoms with E-state index in [2.05, 4.69) is 20.9 Å². The number of halogens is 2. The second-order valence-corrected chi connectivity index (χ2v) is 18.4. The van der Waals surface area contributed by atoms with Crippen LogP contribution in [-0.4, -0.2) is 87.9 Å². The van der Waals surface area contributed by atoms with Gasteiger partial charge in [-0.3, -0.25) is 14.9 Å². The van der Waals surface area contributed by atoms with Gasteiger partial charge in [0, 0.05) is 31.7 Å². The van der Waals surface area contributed by atoms with E-state index in [0.717, 1.165) is 11.0 Å². The minimum Gasteiger partial charge on any atom is -0.444 e. The first kappa shape index (κ1) is 47.9. The fourth-order valence-electron chi connectivity index (χ4n) is 5.63. The maximum atomic E-state index is 14.2. The maximum Gasteiger partial charge on any atom is 0.437 e. The molecule has 0 saturated carbocycles. The summed E-state index contributed by atoms with van der Waals surface area (Å²) in [4.78, 5) is 86.1. The second-order valence-electron chi connectivity index (χ2n) is 18.0. The number of benzene rings is 2. The number of aliphatic imine (C=N–C) groups is 1. The molecular weight excluding hydrogens is 791 g/mol. The smallest absolute Gasteiger partial charge is 0.437 e. The molecule has 1 aliphatic carbocycles. The van der Waals surface area contributed by atoms with Gasteiger partial charge in [-0.05, 0) is 124 Å². The molecule has 324 valence electrons. The highest BCUT2D eigenvalue weighted by Gasteiger charge is 2.40. The van der Waals surface area contributed by atoms with Crippen molar-refractivity contribution in [2.75, 3.05) is 18.9 Å². The average Bonchev–Trinajstić information content (AvgIpc) is 3.37. The Morgan fingerprint density at radius 2 is 1.36 bits per heavy atom. The minimum atomic E-state index is -1.15. The molecule has 1 aliphatic rings. The number of carbonyl (C=O) groups excluding carboxylic acids is 6. The topological polar surface area (TPSA) is 194 Å². The van der Waals surface area contributed by atoms with Gasteiger partial charge in [0.1, 0.15) is 28.2 Å². The lowest BCUT2D eigenvalue weighted by Crippen LogP contribution is -2.53. The molecule has 16 nitrogen and oxygen atoms in total. The standard InChI is InChI=1S/C41H56ClFN6O10/c1-38(2,3)56-34(52)46-33(47-35(53)57-39(4,5)6)49(37(55)59-41(10,11)12)22-25-19-24-18-23(21-48(13)36(54)58-40(7,8)9)14-16-27(24)30(25)45-32(51)31(50)44-26-15-17-28(42)29(43)20-26/h14-18,20,25,30H,19,21-22H2,1-13H3,(H,44,50)(H,45,51)(H,46,47,52,53)/t25-,30-/m1/s1. The summed E-state index contributed by atoms with van der Waals surface area (Å²) in [5.41, 5.74) is -1.87. The lowest BCUT2D eigenvalue weighted by molar-refractivity contribution is -0.136. The summed E-state index contributed by atoms with van der Waals surface area (Å²) >= 11 is 5.78. The van der Waals surface area contributed by atoms with E-state index in [4.69, 9.17) is 30.5 Å². The highest BCUT2D eigenvalue weighted by atomic mass is 35.5. The number of anilines is 1. The zero-order valence-corrected chi connectivity index (χ0v) is 36.7. The number of ether oxygens (including phenoxy) is 4. The van der Waals surface area contributed by atoms with E-state index in [1.54, 1.807) is 102 Å². The van der Waals surface area contributed by atoms with Gasteiger partial charge in [-0.15, -0.1) is 4.99 Å². The molecule has 0 fully saturated rings. The molecule has 0 spiro atoms. The average molecular weight is 847 g/mol. The van der Waals surface area contributed by atoms with Crippen LogP contribution in [0.15, 0.2) is 41.4 Å². The van der Waals surface area contributed by atoms with Crippen molar-refractivity contribution in [2.24, 2.45) is 10.9 Å². The van der Waals surface area contributed by atoms with Crippen LogP contribution >= 0.6 is 11.6 Å². The largest absolute Gasteiger partial charge is 0.444 e. The number of fused-ring (bicyclic) bond motifs is 1. The van der Waals surface area contributed by atoms with Crippen molar-refractivity contribution >= 4 is 59.4 Å². The van der Waals surface area contributed by atoms with Crippen molar-refractivity contribution < 1.29 is 52.1 Å². The van der Waals surface area contributed by atoms with Crippen LogP contribution in [0, 0.1) is 11.7 Å². The summed E-state index contributed by atoms with van der Waals surface area (Å²) in [5.74, 6) is -4.40. The molecule has 0 heterocycles. The summed E-state index contributed by atoms with van der Waals surface area (Å²) in [6.45, 7) is 19.6. The zero-order chi connectivity index (χ0) is 44.8. The molecule has 2 aromatic carbocycles. The predicted molar refractivity (Wildman–Crippen MR) is 218 cm³/mol. The molecular formula is C41H56ClFN6O10. The van der Waals surface area contributed by atoms with Gasteiger partial charge < -0.3 is 34.5 Å². The molecule has 0 saturated heterocycles. The van der Waals surface area contributed by atoms with Gasteiger partial charge in [0.05, 0.1) is 11.1 Å². The number of rotatable bonds is 6. The fourth-order valence-corrected chi connectivity index (χ4v) is 5.74. The lowest BCUT2D eigenvalue weighted by Gasteiger charge is -2.32. The summed E-state index contributed by atoms with van der Waals surface area (Å²) in [6, 6.07) is 7.80. The van der Waals surface area contributed by atoms with Crippen molar-refractivity contribution in [3.63, 3.8) is 0 Å². The Balaban J connectivity index is 2.12. The Bertz CT molecular complexity index is 1960. The maximum absolute atomic E-state index is 14.2. The SMILES string of the molecule is CN(Cc1ccc2c(c1)C[C@H](CN(C(=O)OC(C)(C)C)/C(=N\C(=O)OC(C)(C)C)NC(=O)OC(C)(C)C)[C@H]2NC(=O)C(=O)Nc1ccc(Cl)c(F)c1)C(=O)OC(C)(C)C. The number of carbonyl (C=O) groups is 6. The molecule has 6 amide bonds. The number of amides is 6. The molecule has 3 N–H and O–H groups in total. The molecule has 3 rings (SSSR count). The zero-order valence-electron chi connectivity index (χ0n) is 35.9. The van der Waals surface area contributed by atoms with Crippen LogP contribution in [0.3, 0.4) is 0 Å². The number of hydrogen-bond acceptors (Lipinski definition) is 10. The van der Waals surface area contributed by atoms with Gasteiger partial charge in [0.25, 0.3) is 0 Å². The van der Waals surface area contributed by atoms with Gasteiger partial charge in [0.2, 0.25) is 5.96 Å². The fraction of sp³-hybridized carbons (Fsp3) is 0.537. The molecule has 0 aliphatic heterocycles. The van der Waals surface area contributed by atoms with Gasteiger partial charge in [-0.25, -0.2) is 28.5 Å². The van der Waals surface area contributed by atoms with Gasteiger partial charge >= 0.3 is 36.2 Å². The number of nitrogens with zero attached hydrogens (tertiary/aromatic N) is 3. The van der Waals surface area contributed by atoms with E-state index < -0.39 is 82.3 Å². The first-order chi connectivity index (χ1) is 26.9. The van der Waals surface area contributed by atoms with E-state index in [-0.39, 0.29) is 30.2 Å². The van der Waals surface area contributed by atoms with E-state index in [0.29, 0.717) is 16.7 Å². The highest BCUT2D eigenvalue weighted by molar-refractivity contribution is 6.39. The molecule has 18 heteroatoms. The normalized spacial score (nSPS) is 15.6. The second kappa shape index (κ2) is 18.6. The van der Waals surface area contributed by atoms with Crippen LogP contribution in [0.2, 0.25) is 5.02 Å². The predicted octanol–water partition coefficient (Wildman–Crippen LogP) is 7.87. The van der Waals surface area contributed by atoms with Gasteiger partial charge in [-0.1, -0.05) is 29.8 Å². The van der Waals surface area contributed by atoms with E-state index in [1.165, 1.54) is 17.0 Å². The quantitative estimate of drug-likeness (QED) is 0.111. The van der Waals surface area contributed by atoms with E-state index in [9.17, 15) is 33.2 Å². The van der Waals surface area contributed by atoms with Crippen LogP contribution in [0.5, 0.6) is 0 Å².